The van der Waals surface area contributed by atoms with Crippen LogP contribution in [0, 0.1) is 0 Å². The Morgan fingerprint density at radius 1 is 1.03 bits per heavy atom. The number of benzene rings is 2. The summed E-state index contributed by atoms with van der Waals surface area (Å²) in [6.45, 7) is 0.630. The van der Waals surface area contributed by atoms with E-state index in [1.165, 1.54) is 6.42 Å². The second-order valence-corrected chi connectivity index (χ2v) is 7.50. The standard InChI is InChI=1S/C22H21F3N4O2/c23-22(24,25)15-7-5-14(6-8-15)21(31)26-13-20(30)27-16-9-10-18-17(12-16)28-19-4-2-1-3-11-29(18)19/h5-10,12H,1-4,11,13H2,(H,26,31)(H,27,30). The Hall–Kier alpha value is -3.36. The molecule has 0 saturated carbocycles. The molecule has 1 aliphatic rings. The number of amides is 2. The second-order valence-electron chi connectivity index (χ2n) is 7.50. The van der Waals surface area contributed by atoms with E-state index in [0.29, 0.717) is 5.69 Å². The van der Waals surface area contributed by atoms with Crippen molar-refractivity contribution in [2.24, 2.45) is 0 Å². The van der Waals surface area contributed by atoms with Gasteiger partial charge in [-0.1, -0.05) is 6.42 Å². The lowest BCUT2D eigenvalue weighted by Gasteiger charge is -2.09. The molecule has 9 heteroatoms. The van der Waals surface area contributed by atoms with Crippen LogP contribution >= 0.6 is 0 Å². The van der Waals surface area contributed by atoms with Gasteiger partial charge in [0.1, 0.15) is 5.82 Å². The minimum Gasteiger partial charge on any atom is -0.343 e. The smallest absolute Gasteiger partial charge is 0.343 e. The van der Waals surface area contributed by atoms with Crippen molar-refractivity contribution in [3.8, 4) is 0 Å². The van der Waals surface area contributed by atoms with Crippen LogP contribution in [-0.4, -0.2) is 27.9 Å². The molecule has 0 aliphatic carbocycles. The maximum Gasteiger partial charge on any atom is 0.416 e. The van der Waals surface area contributed by atoms with Crippen LogP contribution in [0.25, 0.3) is 11.0 Å². The summed E-state index contributed by atoms with van der Waals surface area (Å²) in [5, 5.41) is 5.12. The highest BCUT2D eigenvalue weighted by atomic mass is 19.4. The zero-order valence-corrected chi connectivity index (χ0v) is 16.6. The van der Waals surface area contributed by atoms with Crippen molar-refractivity contribution in [1.82, 2.24) is 14.9 Å². The summed E-state index contributed by atoms with van der Waals surface area (Å²) >= 11 is 0. The number of hydrogen-bond donors (Lipinski definition) is 2. The zero-order chi connectivity index (χ0) is 22.0. The summed E-state index contributed by atoms with van der Waals surface area (Å²) < 4.78 is 40.0. The molecule has 0 radical (unpaired) electrons. The molecular formula is C22H21F3N4O2. The number of aryl methyl sites for hydroxylation is 2. The maximum atomic E-state index is 12.6. The number of alkyl halides is 3. The van der Waals surface area contributed by atoms with Gasteiger partial charge in [0, 0.05) is 24.2 Å². The first-order valence-electron chi connectivity index (χ1n) is 10.1. The third-order valence-electron chi connectivity index (χ3n) is 5.28. The average molecular weight is 430 g/mol. The topological polar surface area (TPSA) is 76.0 Å². The zero-order valence-electron chi connectivity index (χ0n) is 16.6. The van der Waals surface area contributed by atoms with Crippen molar-refractivity contribution in [2.75, 3.05) is 11.9 Å². The SMILES string of the molecule is O=C(CNC(=O)c1ccc(C(F)(F)F)cc1)Nc1ccc2c(c1)nc1n2CCCCC1. The van der Waals surface area contributed by atoms with Gasteiger partial charge in [-0.2, -0.15) is 13.2 Å². The number of rotatable bonds is 4. The normalized spacial score (nSPS) is 14.0. The second kappa shape index (κ2) is 8.41. The molecule has 2 N–H and O–H groups in total. The first-order chi connectivity index (χ1) is 14.8. The summed E-state index contributed by atoms with van der Waals surface area (Å²) in [4.78, 5) is 29.0. The molecule has 0 fully saturated rings. The van der Waals surface area contributed by atoms with Gasteiger partial charge >= 0.3 is 6.18 Å². The van der Waals surface area contributed by atoms with Crippen LogP contribution in [0.2, 0.25) is 0 Å². The molecule has 4 rings (SSSR count). The molecular weight excluding hydrogens is 409 g/mol. The summed E-state index contributed by atoms with van der Waals surface area (Å²) in [5.41, 5.74) is 1.61. The number of halogens is 3. The summed E-state index contributed by atoms with van der Waals surface area (Å²) in [6, 6.07) is 9.32. The number of carbonyl (C=O) groups excluding carboxylic acids is 2. The van der Waals surface area contributed by atoms with E-state index in [0.717, 1.165) is 66.9 Å². The molecule has 2 amide bonds. The van der Waals surface area contributed by atoms with Crippen LogP contribution < -0.4 is 10.6 Å². The number of aromatic nitrogens is 2. The first-order valence-corrected chi connectivity index (χ1v) is 10.1. The molecule has 31 heavy (non-hydrogen) atoms. The van der Waals surface area contributed by atoms with E-state index in [4.69, 9.17) is 0 Å². The van der Waals surface area contributed by atoms with Crippen LogP contribution in [0.5, 0.6) is 0 Å². The quantitative estimate of drug-likeness (QED) is 0.653. The van der Waals surface area contributed by atoms with Gasteiger partial charge in [-0.15, -0.1) is 0 Å². The number of hydrogen-bond acceptors (Lipinski definition) is 3. The fourth-order valence-corrected chi connectivity index (χ4v) is 3.71. The van der Waals surface area contributed by atoms with E-state index in [-0.39, 0.29) is 12.1 Å². The van der Waals surface area contributed by atoms with Crippen LogP contribution in [0.1, 0.15) is 41.0 Å². The van der Waals surface area contributed by atoms with Crippen LogP contribution in [0.15, 0.2) is 42.5 Å². The first kappa shape index (κ1) is 20.9. The molecule has 0 spiro atoms. The summed E-state index contributed by atoms with van der Waals surface area (Å²) in [6.07, 6.45) is -0.103. The molecule has 0 saturated heterocycles. The van der Waals surface area contributed by atoms with Gasteiger partial charge in [0.05, 0.1) is 23.1 Å². The van der Waals surface area contributed by atoms with E-state index in [1.54, 1.807) is 12.1 Å². The molecule has 2 aromatic carbocycles. The van der Waals surface area contributed by atoms with E-state index in [2.05, 4.69) is 20.2 Å². The Labute approximate surface area is 176 Å². The van der Waals surface area contributed by atoms with Gasteiger partial charge in [-0.25, -0.2) is 4.98 Å². The number of nitrogens with one attached hydrogen (secondary N) is 2. The highest BCUT2D eigenvalue weighted by molar-refractivity contribution is 6.00. The molecule has 162 valence electrons. The lowest BCUT2D eigenvalue weighted by molar-refractivity contribution is -0.137. The Morgan fingerprint density at radius 2 is 1.81 bits per heavy atom. The van der Waals surface area contributed by atoms with Gasteiger partial charge in [0.15, 0.2) is 0 Å². The van der Waals surface area contributed by atoms with Gasteiger partial charge in [0.25, 0.3) is 5.91 Å². The monoisotopic (exact) mass is 430 g/mol. The number of carbonyl (C=O) groups is 2. The number of nitrogens with zero attached hydrogens (tertiary/aromatic N) is 2. The molecule has 2 heterocycles. The molecule has 0 unspecified atom stereocenters. The fourth-order valence-electron chi connectivity index (χ4n) is 3.71. The lowest BCUT2D eigenvalue weighted by atomic mass is 10.1. The largest absolute Gasteiger partial charge is 0.416 e. The van der Waals surface area contributed by atoms with Gasteiger partial charge in [0.2, 0.25) is 5.91 Å². The third-order valence-corrected chi connectivity index (χ3v) is 5.28. The molecule has 3 aromatic rings. The molecule has 0 atom stereocenters. The summed E-state index contributed by atoms with van der Waals surface area (Å²) in [5.74, 6) is -0.0164. The molecule has 6 nitrogen and oxygen atoms in total. The van der Waals surface area contributed by atoms with Crippen molar-refractivity contribution >= 4 is 28.5 Å². The van der Waals surface area contributed by atoms with E-state index in [9.17, 15) is 22.8 Å². The predicted molar refractivity (Wildman–Crippen MR) is 110 cm³/mol. The van der Waals surface area contributed by atoms with Crippen molar-refractivity contribution < 1.29 is 22.8 Å². The number of imidazole rings is 1. The summed E-state index contributed by atoms with van der Waals surface area (Å²) in [7, 11) is 0. The van der Waals surface area contributed by atoms with Crippen molar-refractivity contribution in [1.29, 1.82) is 0 Å². The minimum atomic E-state index is -4.47. The van der Waals surface area contributed by atoms with Crippen molar-refractivity contribution in [3.63, 3.8) is 0 Å². The Bertz CT molecular complexity index is 1120. The highest BCUT2D eigenvalue weighted by Crippen LogP contribution is 2.29. The van der Waals surface area contributed by atoms with Gasteiger partial charge < -0.3 is 15.2 Å². The highest BCUT2D eigenvalue weighted by Gasteiger charge is 2.30. The van der Waals surface area contributed by atoms with E-state index in [1.807, 2.05) is 6.07 Å². The minimum absolute atomic E-state index is 0.0433. The molecule has 1 aromatic heterocycles. The Balaban J connectivity index is 1.36. The van der Waals surface area contributed by atoms with Gasteiger partial charge in [-0.05, 0) is 55.3 Å². The third kappa shape index (κ3) is 4.70. The maximum absolute atomic E-state index is 12.6. The Kier molecular flexibility index (Phi) is 5.67. The molecule has 1 aliphatic heterocycles. The Morgan fingerprint density at radius 3 is 2.55 bits per heavy atom. The van der Waals surface area contributed by atoms with Gasteiger partial charge in [-0.3, -0.25) is 9.59 Å². The van der Waals surface area contributed by atoms with Crippen LogP contribution in [0.4, 0.5) is 18.9 Å². The average Bonchev–Trinajstić information content (AvgIpc) is 2.91. The van der Waals surface area contributed by atoms with Crippen molar-refractivity contribution in [3.05, 3.63) is 59.4 Å². The van der Waals surface area contributed by atoms with Crippen LogP contribution in [-0.2, 0) is 23.9 Å². The number of anilines is 1. The van der Waals surface area contributed by atoms with Crippen LogP contribution in [0.3, 0.4) is 0 Å². The molecule has 0 bridgehead atoms. The predicted octanol–water partition coefficient (Wildman–Crippen LogP) is 4.15. The van der Waals surface area contributed by atoms with Crippen molar-refractivity contribution in [2.45, 2.75) is 38.4 Å². The van der Waals surface area contributed by atoms with E-state index < -0.39 is 23.6 Å². The number of fused-ring (bicyclic) bond motifs is 3. The van der Waals surface area contributed by atoms with E-state index >= 15 is 0 Å². The lowest BCUT2D eigenvalue weighted by Crippen LogP contribution is -2.32. The fraction of sp³-hybridized carbons (Fsp3) is 0.318.